The molecule has 1 heterocycles. The lowest BCUT2D eigenvalue weighted by Crippen LogP contribution is -2.31. The number of nitrogens with zero attached hydrogens (tertiary/aromatic N) is 1. The molecule has 1 saturated heterocycles. The van der Waals surface area contributed by atoms with Crippen LogP contribution in [-0.4, -0.2) is 30.4 Å². The van der Waals surface area contributed by atoms with Crippen LogP contribution in [0.5, 0.6) is 0 Å². The maximum absolute atomic E-state index is 12.7. The Kier molecular flexibility index (Phi) is 4.92. The summed E-state index contributed by atoms with van der Waals surface area (Å²) in [6.45, 7) is 11.3. The Labute approximate surface area is 128 Å². The van der Waals surface area contributed by atoms with E-state index in [9.17, 15) is 4.79 Å². The summed E-state index contributed by atoms with van der Waals surface area (Å²) in [5.74, 6) is 0.185. The van der Waals surface area contributed by atoms with E-state index in [2.05, 4.69) is 33.0 Å². The molecule has 3 nitrogen and oxygen atoms in total. The van der Waals surface area contributed by atoms with Gasteiger partial charge >= 0.3 is 0 Å². The van der Waals surface area contributed by atoms with E-state index < -0.39 is 0 Å². The van der Waals surface area contributed by atoms with Gasteiger partial charge in [-0.3, -0.25) is 4.79 Å². The Morgan fingerprint density at radius 3 is 2.52 bits per heavy atom. The first-order valence-corrected chi connectivity index (χ1v) is 8.19. The monoisotopic (exact) mass is 288 g/mol. The van der Waals surface area contributed by atoms with Crippen LogP contribution in [0, 0.1) is 12.3 Å². The molecule has 0 aromatic heterocycles. The zero-order chi connectivity index (χ0) is 15.5. The number of nitrogens with one attached hydrogen (secondary N) is 1. The Balaban J connectivity index is 2.12. The molecule has 1 amide bonds. The van der Waals surface area contributed by atoms with Gasteiger partial charge < -0.3 is 10.2 Å². The van der Waals surface area contributed by atoms with E-state index in [1.54, 1.807) is 0 Å². The van der Waals surface area contributed by atoms with Crippen molar-refractivity contribution in [1.29, 1.82) is 0 Å². The third-order valence-electron chi connectivity index (χ3n) is 5.07. The zero-order valence-electron chi connectivity index (χ0n) is 13.8. The van der Waals surface area contributed by atoms with Crippen LogP contribution in [0.3, 0.4) is 0 Å². The van der Waals surface area contributed by atoms with Crippen LogP contribution >= 0.6 is 0 Å². The third-order valence-corrected chi connectivity index (χ3v) is 5.07. The zero-order valence-corrected chi connectivity index (χ0v) is 13.8. The number of hydrogen-bond acceptors (Lipinski definition) is 2. The average Bonchev–Trinajstić information content (AvgIpc) is 2.94. The lowest BCUT2D eigenvalue weighted by molar-refractivity contribution is 0.0770. The van der Waals surface area contributed by atoms with E-state index in [0.29, 0.717) is 5.41 Å². The Bertz CT molecular complexity index is 506. The minimum absolute atomic E-state index is 0.185. The second kappa shape index (κ2) is 6.50. The van der Waals surface area contributed by atoms with Crippen LogP contribution in [0.1, 0.15) is 56.0 Å². The fraction of sp³-hybridized carbons (Fsp3) is 0.611. The van der Waals surface area contributed by atoms with Crippen molar-refractivity contribution < 1.29 is 4.79 Å². The molecule has 2 rings (SSSR count). The van der Waals surface area contributed by atoms with Crippen LogP contribution in [0.15, 0.2) is 18.2 Å². The summed E-state index contributed by atoms with van der Waals surface area (Å²) in [7, 11) is 0. The quantitative estimate of drug-likeness (QED) is 0.885. The van der Waals surface area contributed by atoms with Crippen molar-refractivity contribution >= 4 is 11.6 Å². The summed E-state index contributed by atoms with van der Waals surface area (Å²) in [6, 6.07) is 5.98. The Hall–Kier alpha value is -1.51. The smallest absolute Gasteiger partial charge is 0.253 e. The number of carbonyl (C=O) groups is 1. The predicted molar refractivity (Wildman–Crippen MR) is 88.9 cm³/mol. The Morgan fingerprint density at radius 1 is 1.29 bits per heavy atom. The van der Waals surface area contributed by atoms with E-state index in [0.717, 1.165) is 55.7 Å². The molecule has 0 spiro atoms. The fourth-order valence-corrected chi connectivity index (χ4v) is 3.30. The van der Waals surface area contributed by atoms with Gasteiger partial charge in [-0.15, -0.1) is 0 Å². The molecule has 0 bridgehead atoms. The molecule has 0 radical (unpaired) electrons. The first-order valence-electron chi connectivity index (χ1n) is 8.19. The topological polar surface area (TPSA) is 32.3 Å². The van der Waals surface area contributed by atoms with Gasteiger partial charge in [0.05, 0.1) is 0 Å². The van der Waals surface area contributed by atoms with Crippen molar-refractivity contribution in [3.63, 3.8) is 0 Å². The highest BCUT2D eigenvalue weighted by Crippen LogP contribution is 2.37. The molecular weight excluding hydrogens is 260 g/mol. The molecule has 0 unspecified atom stereocenters. The van der Waals surface area contributed by atoms with Crippen molar-refractivity contribution in [2.24, 2.45) is 5.41 Å². The molecule has 21 heavy (non-hydrogen) atoms. The van der Waals surface area contributed by atoms with Crippen LogP contribution in [-0.2, 0) is 0 Å². The van der Waals surface area contributed by atoms with Gasteiger partial charge in [0, 0.05) is 30.9 Å². The Morgan fingerprint density at radius 2 is 2.00 bits per heavy atom. The van der Waals surface area contributed by atoms with E-state index in [1.807, 2.05) is 23.1 Å². The molecule has 0 atom stereocenters. The van der Waals surface area contributed by atoms with Gasteiger partial charge in [0.15, 0.2) is 0 Å². The number of aryl methyl sites for hydroxylation is 1. The van der Waals surface area contributed by atoms with Gasteiger partial charge in [0.25, 0.3) is 5.91 Å². The van der Waals surface area contributed by atoms with Crippen LogP contribution in [0.2, 0.25) is 0 Å². The second-order valence-corrected chi connectivity index (χ2v) is 6.24. The van der Waals surface area contributed by atoms with Crippen LogP contribution < -0.4 is 5.32 Å². The molecule has 1 aliphatic rings. The van der Waals surface area contributed by atoms with Crippen molar-refractivity contribution in [3.8, 4) is 0 Å². The number of likely N-dealkylation sites (tertiary alicyclic amines) is 1. The lowest BCUT2D eigenvalue weighted by Gasteiger charge is -2.26. The maximum Gasteiger partial charge on any atom is 0.253 e. The fourth-order valence-electron chi connectivity index (χ4n) is 3.30. The molecule has 1 fully saturated rings. The van der Waals surface area contributed by atoms with E-state index >= 15 is 0 Å². The van der Waals surface area contributed by atoms with E-state index in [1.165, 1.54) is 0 Å². The SMILES string of the molecule is CCNc1ccc(C(=O)N2CCC(CC)(CC)C2)cc1C. The normalized spacial score (nSPS) is 17.0. The summed E-state index contributed by atoms with van der Waals surface area (Å²) in [5.41, 5.74) is 3.41. The number of carbonyl (C=O) groups excluding carboxylic acids is 1. The number of hydrogen-bond donors (Lipinski definition) is 1. The van der Waals surface area contributed by atoms with Gasteiger partial charge in [0.1, 0.15) is 0 Å². The summed E-state index contributed by atoms with van der Waals surface area (Å²) in [6.07, 6.45) is 3.46. The minimum atomic E-state index is 0.185. The van der Waals surface area contributed by atoms with Gasteiger partial charge in [-0.05, 0) is 62.3 Å². The molecule has 3 heteroatoms. The van der Waals surface area contributed by atoms with Gasteiger partial charge in [0.2, 0.25) is 0 Å². The van der Waals surface area contributed by atoms with Crippen LogP contribution in [0.25, 0.3) is 0 Å². The van der Waals surface area contributed by atoms with Crippen LogP contribution in [0.4, 0.5) is 5.69 Å². The highest BCUT2D eigenvalue weighted by Gasteiger charge is 2.37. The molecule has 0 saturated carbocycles. The molecular formula is C18H28N2O. The number of amides is 1. The molecule has 0 aliphatic carbocycles. The lowest BCUT2D eigenvalue weighted by atomic mass is 9.82. The highest BCUT2D eigenvalue weighted by molar-refractivity contribution is 5.95. The van der Waals surface area contributed by atoms with Gasteiger partial charge in [-0.1, -0.05) is 13.8 Å². The second-order valence-electron chi connectivity index (χ2n) is 6.24. The van der Waals surface area contributed by atoms with Crippen molar-refractivity contribution in [2.75, 3.05) is 25.0 Å². The summed E-state index contributed by atoms with van der Waals surface area (Å²) in [5, 5.41) is 3.32. The molecule has 1 N–H and O–H groups in total. The maximum atomic E-state index is 12.7. The highest BCUT2D eigenvalue weighted by atomic mass is 16.2. The van der Waals surface area contributed by atoms with Crippen molar-refractivity contribution in [3.05, 3.63) is 29.3 Å². The minimum Gasteiger partial charge on any atom is -0.385 e. The summed E-state index contributed by atoms with van der Waals surface area (Å²) >= 11 is 0. The molecule has 116 valence electrons. The first-order chi connectivity index (χ1) is 10.0. The van der Waals surface area contributed by atoms with E-state index in [-0.39, 0.29) is 5.91 Å². The number of rotatable bonds is 5. The first kappa shape index (κ1) is 15.9. The van der Waals surface area contributed by atoms with Crippen molar-refractivity contribution in [1.82, 2.24) is 4.90 Å². The third kappa shape index (κ3) is 3.22. The molecule has 1 aromatic carbocycles. The summed E-state index contributed by atoms with van der Waals surface area (Å²) in [4.78, 5) is 14.7. The standard InChI is InChI=1S/C18H28N2O/c1-5-18(6-2)10-11-20(13-18)17(21)15-8-9-16(19-7-3)14(4)12-15/h8-9,12,19H,5-7,10-11,13H2,1-4H3. The van der Waals surface area contributed by atoms with Gasteiger partial charge in [-0.2, -0.15) is 0 Å². The average molecular weight is 288 g/mol. The number of benzene rings is 1. The summed E-state index contributed by atoms with van der Waals surface area (Å²) < 4.78 is 0. The molecule has 1 aliphatic heterocycles. The van der Waals surface area contributed by atoms with Crippen molar-refractivity contribution in [2.45, 2.75) is 47.0 Å². The molecule has 1 aromatic rings. The number of anilines is 1. The predicted octanol–water partition coefficient (Wildman–Crippen LogP) is 4.08. The van der Waals surface area contributed by atoms with E-state index in [4.69, 9.17) is 0 Å². The largest absolute Gasteiger partial charge is 0.385 e. The van der Waals surface area contributed by atoms with Gasteiger partial charge in [-0.25, -0.2) is 0 Å².